The van der Waals surface area contributed by atoms with Crippen LogP contribution in [0.3, 0.4) is 0 Å². The molecule has 0 aromatic rings. The van der Waals surface area contributed by atoms with Gasteiger partial charge in [-0.2, -0.15) is 0 Å². The van der Waals surface area contributed by atoms with E-state index in [2.05, 4.69) is 5.32 Å². The summed E-state index contributed by atoms with van der Waals surface area (Å²) < 4.78 is 0. The van der Waals surface area contributed by atoms with Crippen LogP contribution in [0.4, 0.5) is 0 Å². The summed E-state index contributed by atoms with van der Waals surface area (Å²) in [5, 5.41) is 21.2. The molecule has 0 heterocycles. The lowest BCUT2D eigenvalue weighted by Gasteiger charge is -2.21. The maximum absolute atomic E-state index is 11.9. The zero-order valence-electron chi connectivity index (χ0n) is 10.6. The predicted molar refractivity (Wildman–Crippen MR) is 62.3 cm³/mol. The zero-order chi connectivity index (χ0) is 13.2. The Morgan fingerprint density at radius 2 is 1.82 bits per heavy atom. The number of carboxylic acid groups (broad SMARTS) is 1. The molecule has 1 aliphatic rings. The molecule has 0 aromatic carbocycles. The molecular weight excluding hydrogens is 222 g/mol. The third-order valence-electron chi connectivity index (χ3n) is 3.15. The number of amides is 1. The van der Waals surface area contributed by atoms with Crippen LogP contribution in [0.5, 0.6) is 0 Å². The van der Waals surface area contributed by atoms with E-state index in [-0.39, 0.29) is 18.4 Å². The second-order valence-corrected chi connectivity index (χ2v) is 5.66. The molecule has 1 saturated carbocycles. The fourth-order valence-electron chi connectivity index (χ4n) is 2.29. The van der Waals surface area contributed by atoms with Crippen molar-refractivity contribution in [2.24, 2.45) is 17.8 Å². The minimum atomic E-state index is -0.974. The quantitative estimate of drug-likeness (QED) is 0.675. The molecule has 1 unspecified atom stereocenters. The molecule has 0 spiro atoms. The fourth-order valence-corrected chi connectivity index (χ4v) is 2.29. The van der Waals surface area contributed by atoms with E-state index < -0.39 is 23.4 Å². The van der Waals surface area contributed by atoms with Crippen molar-refractivity contribution >= 4 is 11.9 Å². The number of hydrogen-bond donors (Lipinski definition) is 3. The van der Waals surface area contributed by atoms with Gasteiger partial charge in [0.2, 0.25) is 5.91 Å². The van der Waals surface area contributed by atoms with Crippen LogP contribution in [0.2, 0.25) is 0 Å². The number of aliphatic hydroxyl groups is 1. The molecule has 1 amide bonds. The van der Waals surface area contributed by atoms with Gasteiger partial charge < -0.3 is 15.5 Å². The molecule has 3 N–H and O–H groups in total. The molecule has 1 aliphatic carbocycles. The average Bonchev–Trinajstić information content (AvgIpc) is 2.55. The van der Waals surface area contributed by atoms with Crippen LogP contribution in [0.15, 0.2) is 0 Å². The number of nitrogens with one attached hydrogen (secondary N) is 1. The first kappa shape index (κ1) is 14.0. The molecule has 1 fully saturated rings. The summed E-state index contributed by atoms with van der Waals surface area (Å²) >= 11 is 0. The minimum Gasteiger partial charge on any atom is -0.481 e. The largest absolute Gasteiger partial charge is 0.481 e. The van der Waals surface area contributed by atoms with E-state index in [4.69, 9.17) is 5.11 Å². The van der Waals surface area contributed by atoms with E-state index in [1.54, 1.807) is 13.8 Å². The van der Waals surface area contributed by atoms with Crippen molar-refractivity contribution in [3.8, 4) is 0 Å². The predicted octanol–water partition coefficient (Wildman–Crippen LogP) is 0.620. The topological polar surface area (TPSA) is 86.6 Å². The number of rotatable bonds is 4. The van der Waals surface area contributed by atoms with Gasteiger partial charge in [-0.1, -0.05) is 6.92 Å². The number of carboxylic acids is 1. The normalized spacial score (nSPS) is 29.1. The summed E-state index contributed by atoms with van der Waals surface area (Å²) in [6.07, 6.45) is 1.16. The van der Waals surface area contributed by atoms with Gasteiger partial charge in [-0.15, -0.1) is 0 Å². The average molecular weight is 243 g/mol. The first-order valence-corrected chi connectivity index (χ1v) is 5.93. The number of aliphatic carboxylic acids is 1. The number of hydrogen-bond acceptors (Lipinski definition) is 3. The lowest BCUT2D eigenvalue weighted by molar-refractivity contribution is -0.146. The highest BCUT2D eigenvalue weighted by molar-refractivity contribution is 5.85. The lowest BCUT2D eigenvalue weighted by atomic mass is 9.95. The summed E-state index contributed by atoms with van der Waals surface area (Å²) in [4.78, 5) is 22.9. The molecule has 0 radical (unpaired) electrons. The molecule has 0 saturated heterocycles. The molecule has 3 atom stereocenters. The molecule has 5 nitrogen and oxygen atoms in total. The Morgan fingerprint density at radius 1 is 1.29 bits per heavy atom. The van der Waals surface area contributed by atoms with Crippen LogP contribution < -0.4 is 5.32 Å². The van der Waals surface area contributed by atoms with Crippen molar-refractivity contribution in [1.29, 1.82) is 0 Å². The molecule has 0 bridgehead atoms. The van der Waals surface area contributed by atoms with Crippen LogP contribution in [0.1, 0.15) is 33.6 Å². The van der Waals surface area contributed by atoms with E-state index >= 15 is 0 Å². The van der Waals surface area contributed by atoms with Crippen molar-refractivity contribution in [1.82, 2.24) is 5.32 Å². The SMILES string of the molecule is CC1C[C@H](C(=O)NCC(C)(C)O)[C@H](C(=O)O)C1. The van der Waals surface area contributed by atoms with Gasteiger partial charge in [0.15, 0.2) is 0 Å². The Hall–Kier alpha value is -1.10. The van der Waals surface area contributed by atoms with Gasteiger partial charge in [0.1, 0.15) is 0 Å². The molecule has 5 heteroatoms. The Bertz CT molecular complexity index is 308. The van der Waals surface area contributed by atoms with E-state index in [1.165, 1.54) is 0 Å². The van der Waals surface area contributed by atoms with Gasteiger partial charge in [0, 0.05) is 6.54 Å². The van der Waals surface area contributed by atoms with Crippen LogP contribution in [0.25, 0.3) is 0 Å². The molecular formula is C12H21NO4. The highest BCUT2D eigenvalue weighted by Gasteiger charge is 2.41. The van der Waals surface area contributed by atoms with Crippen LogP contribution >= 0.6 is 0 Å². The van der Waals surface area contributed by atoms with Gasteiger partial charge in [-0.3, -0.25) is 9.59 Å². The van der Waals surface area contributed by atoms with Crippen molar-refractivity contribution in [3.63, 3.8) is 0 Å². The van der Waals surface area contributed by atoms with E-state index in [9.17, 15) is 14.7 Å². The van der Waals surface area contributed by atoms with Crippen LogP contribution in [0, 0.1) is 17.8 Å². The van der Waals surface area contributed by atoms with Crippen molar-refractivity contribution in [2.45, 2.75) is 39.2 Å². The van der Waals surface area contributed by atoms with Crippen molar-refractivity contribution in [2.75, 3.05) is 6.54 Å². The zero-order valence-corrected chi connectivity index (χ0v) is 10.6. The maximum Gasteiger partial charge on any atom is 0.307 e. The van der Waals surface area contributed by atoms with E-state index in [0.717, 1.165) is 0 Å². The molecule has 0 aromatic heterocycles. The van der Waals surface area contributed by atoms with Gasteiger partial charge in [0.05, 0.1) is 17.4 Å². The summed E-state index contributed by atoms with van der Waals surface area (Å²) in [5.74, 6) is -1.97. The first-order valence-electron chi connectivity index (χ1n) is 5.93. The molecule has 0 aliphatic heterocycles. The second-order valence-electron chi connectivity index (χ2n) is 5.66. The van der Waals surface area contributed by atoms with Gasteiger partial charge in [-0.25, -0.2) is 0 Å². The summed E-state index contributed by atoms with van der Waals surface area (Å²) in [6.45, 7) is 5.29. The summed E-state index contributed by atoms with van der Waals surface area (Å²) in [7, 11) is 0. The van der Waals surface area contributed by atoms with Crippen LogP contribution in [-0.4, -0.2) is 34.2 Å². The third-order valence-corrected chi connectivity index (χ3v) is 3.15. The van der Waals surface area contributed by atoms with Crippen molar-refractivity contribution < 1.29 is 19.8 Å². The molecule has 17 heavy (non-hydrogen) atoms. The standard InChI is InChI=1S/C12H21NO4/c1-7-4-8(9(5-7)11(15)16)10(14)13-6-12(2,3)17/h7-9,17H,4-6H2,1-3H3,(H,13,14)(H,15,16)/t7?,8-,9+/m0/s1. The summed E-state index contributed by atoms with van der Waals surface area (Å²) in [6, 6.07) is 0. The third kappa shape index (κ3) is 4.00. The van der Waals surface area contributed by atoms with Crippen LogP contribution in [-0.2, 0) is 9.59 Å². The molecule has 1 rings (SSSR count). The number of carbonyl (C=O) groups is 2. The smallest absolute Gasteiger partial charge is 0.307 e. The van der Waals surface area contributed by atoms with E-state index in [0.29, 0.717) is 12.8 Å². The minimum absolute atomic E-state index is 0.142. The lowest BCUT2D eigenvalue weighted by Crippen LogP contribution is -2.42. The highest BCUT2D eigenvalue weighted by atomic mass is 16.4. The van der Waals surface area contributed by atoms with Gasteiger partial charge in [0.25, 0.3) is 0 Å². The van der Waals surface area contributed by atoms with E-state index in [1.807, 2.05) is 6.92 Å². The maximum atomic E-state index is 11.9. The van der Waals surface area contributed by atoms with Crippen molar-refractivity contribution in [3.05, 3.63) is 0 Å². The second kappa shape index (κ2) is 5.04. The Morgan fingerprint density at radius 3 is 2.29 bits per heavy atom. The Labute approximate surface area is 101 Å². The van der Waals surface area contributed by atoms with Gasteiger partial charge in [-0.05, 0) is 32.6 Å². The monoisotopic (exact) mass is 243 g/mol. The molecule has 98 valence electrons. The Balaban J connectivity index is 2.59. The first-order chi connectivity index (χ1) is 7.70. The van der Waals surface area contributed by atoms with Gasteiger partial charge >= 0.3 is 5.97 Å². The Kier molecular flexibility index (Phi) is 4.14. The fraction of sp³-hybridized carbons (Fsp3) is 0.833. The highest BCUT2D eigenvalue weighted by Crippen LogP contribution is 2.36. The summed E-state index contributed by atoms with van der Waals surface area (Å²) in [5.41, 5.74) is -0.974. The number of carbonyl (C=O) groups excluding carboxylic acids is 1.